The van der Waals surface area contributed by atoms with E-state index in [1.807, 2.05) is 13.8 Å². The van der Waals surface area contributed by atoms with E-state index in [1.54, 1.807) is 24.3 Å². The molecule has 0 fully saturated rings. The minimum atomic E-state index is -1.02. The number of halogens is 1. The van der Waals surface area contributed by atoms with Crippen LogP contribution in [0.15, 0.2) is 36.5 Å². The highest BCUT2D eigenvalue weighted by Crippen LogP contribution is 2.29. The van der Waals surface area contributed by atoms with Gasteiger partial charge in [0.05, 0.1) is 24.3 Å². The van der Waals surface area contributed by atoms with E-state index in [0.29, 0.717) is 34.9 Å². The second-order valence-corrected chi connectivity index (χ2v) is 6.91. The van der Waals surface area contributed by atoms with Crippen molar-refractivity contribution in [2.24, 2.45) is 5.92 Å². The van der Waals surface area contributed by atoms with Crippen LogP contribution in [0.25, 0.3) is 0 Å². The zero-order valence-electron chi connectivity index (χ0n) is 16.2. The molecule has 0 bridgehead atoms. The van der Waals surface area contributed by atoms with Gasteiger partial charge in [-0.2, -0.15) is 0 Å². The van der Waals surface area contributed by atoms with E-state index in [-0.39, 0.29) is 5.56 Å². The van der Waals surface area contributed by atoms with Gasteiger partial charge >= 0.3 is 5.97 Å². The number of hydrogen-bond acceptors (Lipinski definition) is 6. The maximum atomic E-state index is 12.4. The van der Waals surface area contributed by atoms with E-state index >= 15 is 0 Å². The molecule has 1 N–H and O–H groups in total. The number of rotatable bonds is 8. The Balaban J connectivity index is 2.00. The molecule has 0 spiro atoms. The highest BCUT2D eigenvalue weighted by atomic mass is 35.5. The summed E-state index contributed by atoms with van der Waals surface area (Å²) in [6.45, 7) is 6.06. The summed E-state index contributed by atoms with van der Waals surface area (Å²) < 4.78 is 16.2. The first-order valence-electron chi connectivity index (χ1n) is 8.74. The van der Waals surface area contributed by atoms with Gasteiger partial charge in [0, 0.05) is 6.20 Å². The van der Waals surface area contributed by atoms with E-state index in [4.69, 9.17) is 25.8 Å². The number of pyridine rings is 1. The molecule has 1 amide bonds. The van der Waals surface area contributed by atoms with Crippen molar-refractivity contribution in [2.75, 3.05) is 19.0 Å². The van der Waals surface area contributed by atoms with Gasteiger partial charge in [0.2, 0.25) is 0 Å². The first kappa shape index (κ1) is 21.5. The fourth-order valence-corrected chi connectivity index (χ4v) is 2.24. The summed E-state index contributed by atoms with van der Waals surface area (Å²) in [7, 11) is 1.49. The smallest absolute Gasteiger partial charge is 0.339 e. The molecule has 1 heterocycles. The Morgan fingerprint density at radius 2 is 1.89 bits per heavy atom. The van der Waals surface area contributed by atoms with Gasteiger partial charge in [-0.25, -0.2) is 9.78 Å². The van der Waals surface area contributed by atoms with E-state index < -0.39 is 18.0 Å². The van der Waals surface area contributed by atoms with Crippen LogP contribution in [0.5, 0.6) is 11.5 Å². The number of hydrogen-bond donors (Lipinski definition) is 1. The summed E-state index contributed by atoms with van der Waals surface area (Å²) in [5.74, 6) is 0.451. The molecule has 7 nitrogen and oxygen atoms in total. The number of aromatic nitrogens is 1. The largest absolute Gasteiger partial charge is 0.493 e. The fraction of sp³-hybridized carbons (Fsp3) is 0.350. The number of amides is 1. The van der Waals surface area contributed by atoms with E-state index in [0.717, 1.165) is 0 Å². The number of esters is 1. The van der Waals surface area contributed by atoms with E-state index in [2.05, 4.69) is 10.3 Å². The van der Waals surface area contributed by atoms with Gasteiger partial charge in [0.25, 0.3) is 5.91 Å². The summed E-state index contributed by atoms with van der Waals surface area (Å²) >= 11 is 5.75. The molecule has 0 aliphatic carbocycles. The second-order valence-electron chi connectivity index (χ2n) is 6.47. The molecule has 28 heavy (non-hydrogen) atoms. The Hall–Kier alpha value is -2.80. The van der Waals surface area contributed by atoms with Crippen LogP contribution >= 0.6 is 11.6 Å². The van der Waals surface area contributed by atoms with Crippen LogP contribution < -0.4 is 14.8 Å². The van der Waals surface area contributed by atoms with Crippen molar-refractivity contribution in [3.05, 3.63) is 47.1 Å². The van der Waals surface area contributed by atoms with Crippen molar-refractivity contribution in [1.29, 1.82) is 0 Å². The van der Waals surface area contributed by atoms with Gasteiger partial charge in [0.1, 0.15) is 5.82 Å². The monoisotopic (exact) mass is 406 g/mol. The molecule has 0 unspecified atom stereocenters. The number of anilines is 1. The van der Waals surface area contributed by atoms with Crippen LogP contribution in [0.3, 0.4) is 0 Å². The predicted octanol–water partition coefficient (Wildman–Crippen LogP) is 3.96. The molecule has 2 aromatic rings. The first-order valence-corrected chi connectivity index (χ1v) is 9.12. The summed E-state index contributed by atoms with van der Waals surface area (Å²) in [5, 5.41) is 3.01. The number of ether oxygens (including phenoxy) is 3. The Bertz CT molecular complexity index is 824. The lowest BCUT2D eigenvalue weighted by Crippen LogP contribution is -2.30. The van der Waals surface area contributed by atoms with Crippen molar-refractivity contribution < 1.29 is 23.8 Å². The number of methoxy groups -OCH3 is 1. The van der Waals surface area contributed by atoms with Gasteiger partial charge in [-0.1, -0.05) is 25.4 Å². The normalized spacial score (nSPS) is 11.6. The lowest BCUT2D eigenvalue weighted by Gasteiger charge is -2.15. The van der Waals surface area contributed by atoms with Crippen LogP contribution in [0.4, 0.5) is 5.82 Å². The third-order valence-electron chi connectivity index (χ3n) is 3.60. The first-order chi connectivity index (χ1) is 13.3. The van der Waals surface area contributed by atoms with Crippen molar-refractivity contribution in [3.63, 3.8) is 0 Å². The second kappa shape index (κ2) is 9.94. The van der Waals surface area contributed by atoms with Crippen molar-refractivity contribution in [1.82, 2.24) is 4.98 Å². The van der Waals surface area contributed by atoms with Crippen molar-refractivity contribution in [2.45, 2.75) is 26.9 Å². The van der Waals surface area contributed by atoms with Crippen LogP contribution in [-0.2, 0) is 9.53 Å². The van der Waals surface area contributed by atoms with Crippen LogP contribution in [0.1, 0.15) is 31.1 Å². The number of benzene rings is 1. The molecule has 0 radical (unpaired) electrons. The summed E-state index contributed by atoms with van der Waals surface area (Å²) in [4.78, 5) is 28.5. The topological polar surface area (TPSA) is 86.8 Å². The van der Waals surface area contributed by atoms with Crippen LogP contribution in [-0.4, -0.2) is 36.7 Å². The molecule has 8 heteroatoms. The molecular formula is C20H23ClN2O5. The molecule has 0 aliphatic rings. The number of carbonyl (C=O) groups is 2. The minimum absolute atomic E-state index is 0.248. The maximum Gasteiger partial charge on any atom is 0.339 e. The molecule has 0 saturated heterocycles. The molecule has 1 aromatic heterocycles. The van der Waals surface area contributed by atoms with Gasteiger partial charge in [-0.15, -0.1) is 0 Å². The summed E-state index contributed by atoms with van der Waals surface area (Å²) in [5.41, 5.74) is 0.248. The highest BCUT2D eigenvalue weighted by molar-refractivity contribution is 6.30. The zero-order valence-corrected chi connectivity index (χ0v) is 16.9. The molecule has 150 valence electrons. The Kier molecular flexibility index (Phi) is 7.63. The van der Waals surface area contributed by atoms with E-state index in [9.17, 15) is 9.59 Å². The lowest BCUT2D eigenvalue weighted by atomic mass is 10.2. The number of carbonyl (C=O) groups excluding carboxylic acids is 2. The molecule has 0 saturated carbocycles. The van der Waals surface area contributed by atoms with Gasteiger partial charge < -0.3 is 19.5 Å². The minimum Gasteiger partial charge on any atom is -0.493 e. The Morgan fingerprint density at radius 1 is 1.14 bits per heavy atom. The highest BCUT2D eigenvalue weighted by Gasteiger charge is 2.20. The van der Waals surface area contributed by atoms with Gasteiger partial charge in [0.15, 0.2) is 17.6 Å². The molecular weight excluding hydrogens is 384 g/mol. The summed E-state index contributed by atoms with van der Waals surface area (Å²) in [6, 6.07) is 7.86. The Morgan fingerprint density at radius 3 is 2.50 bits per heavy atom. The SMILES string of the molecule is COc1cc(C(=O)O[C@@H](C)C(=O)Nc2ccc(Cl)cn2)ccc1OCC(C)C. The van der Waals surface area contributed by atoms with Gasteiger partial charge in [-0.05, 0) is 43.2 Å². The van der Waals surface area contributed by atoms with Crippen LogP contribution in [0, 0.1) is 5.92 Å². The molecule has 1 atom stereocenters. The average Bonchev–Trinajstić information content (AvgIpc) is 2.67. The zero-order chi connectivity index (χ0) is 20.7. The predicted molar refractivity (Wildman–Crippen MR) is 106 cm³/mol. The quantitative estimate of drug-likeness (QED) is 0.667. The van der Waals surface area contributed by atoms with Gasteiger partial charge in [-0.3, -0.25) is 4.79 Å². The average molecular weight is 407 g/mol. The third kappa shape index (κ3) is 6.13. The lowest BCUT2D eigenvalue weighted by molar-refractivity contribution is -0.123. The third-order valence-corrected chi connectivity index (χ3v) is 3.83. The molecule has 2 rings (SSSR count). The maximum absolute atomic E-state index is 12.4. The Labute approximate surface area is 169 Å². The standard InChI is InChI=1S/C20H23ClN2O5/c1-12(2)11-27-16-7-5-14(9-17(16)26-4)20(25)28-13(3)19(24)23-18-8-6-15(21)10-22-18/h5-10,12-13H,11H2,1-4H3,(H,22,23,24)/t13-/m0/s1. The van der Waals surface area contributed by atoms with Crippen LogP contribution in [0.2, 0.25) is 5.02 Å². The van der Waals surface area contributed by atoms with E-state index in [1.165, 1.54) is 26.3 Å². The summed E-state index contributed by atoms with van der Waals surface area (Å²) in [6.07, 6.45) is 0.385. The molecule has 0 aliphatic heterocycles. The number of nitrogens with one attached hydrogen (secondary N) is 1. The van der Waals surface area contributed by atoms with Crippen molar-refractivity contribution in [3.8, 4) is 11.5 Å². The van der Waals surface area contributed by atoms with Crippen molar-refractivity contribution >= 4 is 29.3 Å². The number of nitrogens with zero attached hydrogens (tertiary/aromatic N) is 1. The fourth-order valence-electron chi connectivity index (χ4n) is 2.13. The molecule has 1 aromatic carbocycles.